The summed E-state index contributed by atoms with van der Waals surface area (Å²) in [6.45, 7) is 4.64. The molecule has 1 aromatic carbocycles. The zero-order valence-corrected chi connectivity index (χ0v) is 10.1. The molecule has 0 amide bonds. The van der Waals surface area contributed by atoms with Crippen LogP contribution in [0.5, 0.6) is 0 Å². The third-order valence-electron chi connectivity index (χ3n) is 2.17. The summed E-state index contributed by atoms with van der Waals surface area (Å²) in [5, 5.41) is 3.19. The number of anilines is 2. The molecule has 15 heavy (non-hydrogen) atoms. The molecule has 1 unspecified atom stereocenters. The van der Waals surface area contributed by atoms with Crippen molar-refractivity contribution in [2.45, 2.75) is 13.8 Å². The second kappa shape index (κ2) is 5.75. The van der Waals surface area contributed by atoms with Gasteiger partial charge in [0.2, 0.25) is 0 Å². The van der Waals surface area contributed by atoms with Crippen LogP contribution in [0.15, 0.2) is 18.2 Å². The molecule has 3 nitrogen and oxygen atoms in total. The molecule has 0 radical (unpaired) electrons. The molecular weight excluding hydrogens is 208 g/mol. The van der Waals surface area contributed by atoms with E-state index in [1.165, 1.54) is 0 Å². The van der Waals surface area contributed by atoms with Crippen molar-refractivity contribution >= 4 is 22.2 Å². The van der Waals surface area contributed by atoms with Gasteiger partial charge < -0.3 is 11.1 Å². The normalized spacial score (nSPS) is 12.4. The topological polar surface area (TPSA) is 55.1 Å². The van der Waals surface area contributed by atoms with E-state index in [-0.39, 0.29) is 0 Å². The Bertz CT molecular complexity index is 352. The zero-order valence-electron chi connectivity index (χ0n) is 9.25. The SMILES string of the molecule is CCS(=O)CCNc1ccc(C)cc1N. The Hall–Kier alpha value is -1.03. The Morgan fingerprint density at radius 3 is 2.80 bits per heavy atom. The molecular formula is C11H18N2OS. The molecule has 0 aliphatic rings. The second-order valence-corrected chi connectivity index (χ2v) is 5.32. The van der Waals surface area contributed by atoms with Crippen LogP contribution in [0.3, 0.4) is 0 Å². The Morgan fingerprint density at radius 2 is 2.20 bits per heavy atom. The van der Waals surface area contributed by atoms with Gasteiger partial charge in [-0.3, -0.25) is 4.21 Å². The maximum absolute atomic E-state index is 11.2. The Morgan fingerprint density at radius 1 is 1.47 bits per heavy atom. The maximum atomic E-state index is 11.2. The van der Waals surface area contributed by atoms with E-state index in [4.69, 9.17) is 5.73 Å². The van der Waals surface area contributed by atoms with E-state index >= 15 is 0 Å². The lowest BCUT2D eigenvalue weighted by Gasteiger charge is -2.09. The fraction of sp³-hybridized carbons (Fsp3) is 0.455. The predicted octanol–water partition coefficient (Wildman–Crippen LogP) is 1.76. The van der Waals surface area contributed by atoms with Crippen LogP contribution in [0.1, 0.15) is 12.5 Å². The maximum Gasteiger partial charge on any atom is 0.0574 e. The zero-order chi connectivity index (χ0) is 11.3. The van der Waals surface area contributed by atoms with Gasteiger partial charge >= 0.3 is 0 Å². The van der Waals surface area contributed by atoms with Gasteiger partial charge in [0.1, 0.15) is 0 Å². The van der Waals surface area contributed by atoms with Gasteiger partial charge in [-0.25, -0.2) is 0 Å². The van der Waals surface area contributed by atoms with Crippen LogP contribution in [-0.4, -0.2) is 22.3 Å². The fourth-order valence-electron chi connectivity index (χ4n) is 1.29. The number of nitrogens with two attached hydrogens (primary N) is 1. The smallest absolute Gasteiger partial charge is 0.0574 e. The number of aryl methyl sites for hydroxylation is 1. The summed E-state index contributed by atoms with van der Waals surface area (Å²) in [5.74, 6) is 1.38. The van der Waals surface area contributed by atoms with E-state index in [0.29, 0.717) is 18.1 Å². The van der Waals surface area contributed by atoms with E-state index < -0.39 is 10.8 Å². The third kappa shape index (κ3) is 3.91. The number of rotatable bonds is 5. The van der Waals surface area contributed by atoms with Crippen molar-refractivity contribution in [3.05, 3.63) is 23.8 Å². The summed E-state index contributed by atoms with van der Waals surface area (Å²) in [4.78, 5) is 0. The first-order chi connectivity index (χ1) is 7.13. The molecule has 0 fully saturated rings. The lowest BCUT2D eigenvalue weighted by Crippen LogP contribution is -2.12. The number of hydrogen-bond acceptors (Lipinski definition) is 3. The molecule has 0 bridgehead atoms. The average molecular weight is 226 g/mol. The Kier molecular flexibility index (Phi) is 4.62. The summed E-state index contributed by atoms with van der Waals surface area (Å²) >= 11 is 0. The van der Waals surface area contributed by atoms with Crippen LogP contribution in [0, 0.1) is 6.92 Å². The van der Waals surface area contributed by atoms with Crippen molar-refractivity contribution in [2.75, 3.05) is 29.1 Å². The minimum Gasteiger partial charge on any atom is -0.397 e. The van der Waals surface area contributed by atoms with Crippen LogP contribution in [0.2, 0.25) is 0 Å². The van der Waals surface area contributed by atoms with Crippen LogP contribution in [-0.2, 0) is 10.8 Å². The lowest BCUT2D eigenvalue weighted by molar-refractivity contribution is 0.684. The number of benzene rings is 1. The molecule has 3 N–H and O–H groups in total. The van der Waals surface area contributed by atoms with Crippen molar-refractivity contribution in [2.24, 2.45) is 0 Å². The fourth-order valence-corrected chi connectivity index (χ4v) is 1.91. The monoisotopic (exact) mass is 226 g/mol. The van der Waals surface area contributed by atoms with Gasteiger partial charge in [-0.15, -0.1) is 0 Å². The molecule has 0 aliphatic carbocycles. The van der Waals surface area contributed by atoms with Crippen molar-refractivity contribution in [3.8, 4) is 0 Å². The van der Waals surface area contributed by atoms with Crippen molar-refractivity contribution in [3.63, 3.8) is 0 Å². The first-order valence-corrected chi connectivity index (χ1v) is 6.57. The Labute approximate surface area is 93.5 Å². The van der Waals surface area contributed by atoms with Gasteiger partial charge in [-0.05, 0) is 24.6 Å². The number of nitrogens with one attached hydrogen (secondary N) is 1. The molecule has 0 spiro atoms. The van der Waals surface area contributed by atoms with E-state index in [9.17, 15) is 4.21 Å². The Balaban J connectivity index is 2.47. The first kappa shape index (κ1) is 12.0. The molecule has 1 aromatic rings. The second-order valence-electron chi connectivity index (χ2n) is 3.45. The largest absolute Gasteiger partial charge is 0.397 e. The van der Waals surface area contributed by atoms with Crippen molar-refractivity contribution in [1.82, 2.24) is 0 Å². The van der Waals surface area contributed by atoms with E-state index in [0.717, 1.165) is 16.9 Å². The van der Waals surface area contributed by atoms with Crippen LogP contribution in [0.25, 0.3) is 0 Å². The molecule has 84 valence electrons. The van der Waals surface area contributed by atoms with Crippen molar-refractivity contribution < 1.29 is 4.21 Å². The highest BCUT2D eigenvalue weighted by atomic mass is 32.2. The molecule has 1 atom stereocenters. The van der Waals surface area contributed by atoms with Gasteiger partial charge in [0, 0.05) is 28.9 Å². The summed E-state index contributed by atoms with van der Waals surface area (Å²) in [6.07, 6.45) is 0. The summed E-state index contributed by atoms with van der Waals surface area (Å²) in [7, 11) is -0.715. The van der Waals surface area contributed by atoms with Crippen molar-refractivity contribution in [1.29, 1.82) is 0 Å². The number of nitrogen functional groups attached to an aromatic ring is 1. The molecule has 0 aromatic heterocycles. The third-order valence-corrected chi connectivity index (χ3v) is 3.48. The van der Waals surface area contributed by atoms with Gasteiger partial charge in [0.15, 0.2) is 0 Å². The minimum absolute atomic E-state index is 0.670. The van der Waals surface area contributed by atoms with Crippen LogP contribution < -0.4 is 11.1 Å². The lowest BCUT2D eigenvalue weighted by atomic mass is 10.2. The average Bonchev–Trinajstić information content (AvgIpc) is 2.21. The first-order valence-electron chi connectivity index (χ1n) is 5.08. The van der Waals surface area contributed by atoms with Gasteiger partial charge in [-0.1, -0.05) is 13.0 Å². The van der Waals surface area contributed by atoms with Gasteiger partial charge in [0.05, 0.1) is 11.4 Å². The highest BCUT2D eigenvalue weighted by Gasteiger charge is 1.99. The van der Waals surface area contributed by atoms with Crippen LogP contribution >= 0.6 is 0 Å². The molecule has 0 saturated carbocycles. The standard InChI is InChI=1S/C11H18N2OS/c1-3-15(14)7-6-13-11-5-4-9(2)8-10(11)12/h4-5,8,13H,3,6-7,12H2,1-2H3. The highest BCUT2D eigenvalue weighted by molar-refractivity contribution is 7.84. The van der Waals surface area contributed by atoms with Gasteiger partial charge in [-0.2, -0.15) is 0 Å². The van der Waals surface area contributed by atoms with E-state index in [1.807, 2.05) is 32.0 Å². The molecule has 0 saturated heterocycles. The molecule has 0 aliphatic heterocycles. The van der Waals surface area contributed by atoms with Gasteiger partial charge in [0.25, 0.3) is 0 Å². The highest BCUT2D eigenvalue weighted by Crippen LogP contribution is 2.18. The minimum atomic E-state index is -0.715. The number of hydrogen-bond donors (Lipinski definition) is 2. The predicted molar refractivity (Wildman–Crippen MR) is 67.6 cm³/mol. The van der Waals surface area contributed by atoms with Crippen LogP contribution in [0.4, 0.5) is 11.4 Å². The summed E-state index contributed by atoms with van der Waals surface area (Å²) in [6, 6.07) is 5.90. The molecule has 1 rings (SSSR count). The van der Waals surface area contributed by atoms with E-state index in [1.54, 1.807) is 0 Å². The summed E-state index contributed by atoms with van der Waals surface area (Å²) < 4.78 is 11.2. The summed E-state index contributed by atoms with van der Waals surface area (Å²) in [5.41, 5.74) is 8.65. The molecule has 4 heteroatoms. The van der Waals surface area contributed by atoms with E-state index in [2.05, 4.69) is 5.32 Å². The quantitative estimate of drug-likeness (QED) is 0.752. The molecule has 0 heterocycles.